The second-order valence-corrected chi connectivity index (χ2v) is 14.1. The van der Waals surface area contributed by atoms with Crippen molar-refractivity contribution in [3.05, 3.63) is 215 Å². The lowest BCUT2D eigenvalue weighted by Crippen LogP contribution is -2.34. The van der Waals surface area contributed by atoms with E-state index in [1.54, 1.807) is 0 Å². The van der Waals surface area contributed by atoms with Crippen LogP contribution in [0.15, 0.2) is 187 Å². The number of nitrogens with zero attached hydrogens (tertiary/aromatic N) is 4. The Morgan fingerprint density at radius 1 is 0.604 bits per heavy atom. The number of benzene rings is 4. The van der Waals surface area contributed by atoms with E-state index in [4.69, 9.17) is 19.9 Å². The van der Waals surface area contributed by atoms with Crippen LogP contribution in [-0.4, -0.2) is 21.2 Å². The van der Waals surface area contributed by atoms with Gasteiger partial charge in [0.2, 0.25) is 0 Å². The van der Waals surface area contributed by atoms with Crippen molar-refractivity contribution in [3.8, 4) is 11.1 Å². The highest BCUT2D eigenvalue weighted by Crippen LogP contribution is 2.47. The highest BCUT2D eigenvalue weighted by Gasteiger charge is 2.42. The number of hydrogen-bond acceptors (Lipinski definition) is 4. The summed E-state index contributed by atoms with van der Waals surface area (Å²) in [6.45, 7) is 0. The van der Waals surface area contributed by atoms with Crippen LogP contribution in [0, 0.1) is 11.8 Å². The molecule has 7 aromatic rings. The molecule has 0 fully saturated rings. The summed E-state index contributed by atoms with van der Waals surface area (Å²) in [4.78, 5) is 21.5. The summed E-state index contributed by atoms with van der Waals surface area (Å²) in [5, 5.41) is 2.10. The van der Waals surface area contributed by atoms with E-state index in [0.717, 1.165) is 73.1 Å². The minimum Gasteiger partial charge on any atom is -0.282 e. The van der Waals surface area contributed by atoms with Crippen LogP contribution in [0.4, 0.5) is 0 Å². The zero-order chi connectivity index (χ0) is 35.2. The Bertz CT molecular complexity index is 2610. The predicted molar refractivity (Wildman–Crippen MR) is 217 cm³/mol. The van der Waals surface area contributed by atoms with Crippen LogP contribution >= 0.6 is 0 Å². The molecule has 4 aromatic carbocycles. The van der Waals surface area contributed by atoms with Crippen molar-refractivity contribution in [3.63, 3.8) is 0 Å². The number of pyridine rings is 3. The first-order valence-corrected chi connectivity index (χ1v) is 18.4. The van der Waals surface area contributed by atoms with Gasteiger partial charge in [0, 0.05) is 40.6 Å². The maximum atomic E-state index is 5.65. The number of fused-ring (bicyclic) bond motifs is 6. The molecule has 3 atom stereocenters. The van der Waals surface area contributed by atoms with Gasteiger partial charge in [-0.15, -0.1) is 0 Å². The summed E-state index contributed by atoms with van der Waals surface area (Å²) in [7, 11) is 0. The second kappa shape index (κ2) is 12.9. The Morgan fingerprint density at radius 2 is 1.30 bits per heavy atom. The van der Waals surface area contributed by atoms with Crippen molar-refractivity contribution in [2.45, 2.75) is 17.9 Å². The number of rotatable bonds is 6. The first-order chi connectivity index (χ1) is 26.3. The molecule has 53 heavy (non-hydrogen) atoms. The molecule has 4 nitrogen and oxygen atoms in total. The van der Waals surface area contributed by atoms with Crippen molar-refractivity contribution >= 4 is 34.1 Å². The lowest BCUT2D eigenvalue weighted by Gasteiger charge is -2.36. The predicted octanol–water partition coefficient (Wildman–Crippen LogP) is 11.1. The van der Waals surface area contributed by atoms with Gasteiger partial charge in [0.05, 0.1) is 28.1 Å². The zero-order valence-electron chi connectivity index (χ0n) is 29.1. The molecule has 3 aromatic heterocycles. The van der Waals surface area contributed by atoms with E-state index in [1.807, 2.05) is 12.3 Å². The minimum absolute atomic E-state index is 0.0948. The third-order valence-corrected chi connectivity index (χ3v) is 11.1. The molecule has 10 rings (SSSR count). The number of dihydropyridines is 1. The van der Waals surface area contributed by atoms with Gasteiger partial charge in [-0.2, -0.15) is 0 Å². The third-order valence-electron chi connectivity index (χ3n) is 11.1. The van der Waals surface area contributed by atoms with E-state index in [1.165, 1.54) is 5.57 Å². The number of allylic oxidation sites excluding steroid dienone is 5. The Hall–Kier alpha value is -6.52. The molecular weight excluding hydrogens is 645 g/mol. The van der Waals surface area contributed by atoms with Gasteiger partial charge in [0.25, 0.3) is 0 Å². The van der Waals surface area contributed by atoms with Gasteiger partial charge < -0.3 is 0 Å². The average molecular weight is 681 g/mol. The zero-order valence-corrected chi connectivity index (χ0v) is 29.1. The minimum atomic E-state index is -0.826. The molecule has 0 saturated carbocycles. The molecule has 0 saturated heterocycles. The van der Waals surface area contributed by atoms with E-state index in [0.29, 0.717) is 5.92 Å². The van der Waals surface area contributed by atoms with Gasteiger partial charge in [0.1, 0.15) is 11.5 Å². The molecule has 3 unspecified atom stereocenters. The Balaban J connectivity index is 1.17. The molecule has 0 spiro atoms. The number of hydrogen-bond donors (Lipinski definition) is 0. The summed E-state index contributed by atoms with van der Waals surface area (Å²) in [6, 6.07) is 47.0. The second-order valence-electron chi connectivity index (χ2n) is 14.1. The fraction of sp³-hybridized carbons (Fsp3) is 0.102. The van der Waals surface area contributed by atoms with Crippen LogP contribution in [0.2, 0.25) is 0 Å². The quantitative estimate of drug-likeness (QED) is 0.164. The lowest BCUT2D eigenvalue weighted by molar-refractivity contribution is 0.571. The van der Waals surface area contributed by atoms with E-state index < -0.39 is 5.41 Å². The van der Waals surface area contributed by atoms with E-state index in [2.05, 4.69) is 176 Å². The molecule has 0 bridgehead atoms. The van der Waals surface area contributed by atoms with Crippen molar-refractivity contribution in [1.82, 2.24) is 15.0 Å². The fourth-order valence-corrected chi connectivity index (χ4v) is 8.41. The highest BCUT2D eigenvalue weighted by molar-refractivity contribution is 6.03. The van der Waals surface area contributed by atoms with Gasteiger partial charge in [-0.25, -0.2) is 4.98 Å². The summed E-state index contributed by atoms with van der Waals surface area (Å²) >= 11 is 0. The van der Waals surface area contributed by atoms with E-state index in [9.17, 15) is 0 Å². The van der Waals surface area contributed by atoms with Crippen LogP contribution in [0.25, 0.3) is 39.0 Å². The van der Waals surface area contributed by atoms with E-state index >= 15 is 0 Å². The van der Waals surface area contributed by atoms with Crippen molar-refractivity contribution in [1.29, 1.82) is 0 Å². The first-order valence-electron chi connectivity index (χ1n) is 18.4. The van der Waals surface area contributed by atoms with Crippen molar-refractivity contribution in [2.24, 2.45) is 16.8 Å². The number of aromatic nitrogens is 3. The van der Waals surface area contributed by atoms with Gasteiger partial charge in [-0.1, -0.05) is 158 Å². The van der Waals surface area contributed by atoms with Crippen LogP contribution < -0.4 is 0 Å². The Labute approximate surface area is 309 Å². The molecule has 2 aliphatic carbocycles. The maximum Gasteiger partial charge on any atom is 0.104 e. The largest absolute Gasteiger partial charge is 0.282 e. The SMILES string of the molecule is C1=CCC(C2=CC3C=Cc4ccc(C(c5ccccc5)(c5ccccc5)c5ccc6ccc7cc(-c8ccccc8)cnc7c6n5)nc4C3N=C2)C=C1. The van der Waals surface area contributed by atoms with Gasteiger partial charge in [-0.05, 0) is 52.4 Å². The Kier molecular flexibility index (Phi) is 7.61. The lowest BCUT2D eigenvalue weighted by atomic mass is 9.68. The van der Waals surface area contributed by atoms with Crippen LogP contribution in [0.5, 0.6) is 0 Å². The normalized spacial score (nSPS) is 18.9. The molecule has 0 amide bonds. The Morgan fingerprint density at radius 3 is 2.06 bits per heavy atom. The smallest absolute Gasteiger partial charge is 0.104 e. The summed E-state index contributed by atoms with van der Waals surface area (Å²) < 4.78 is 0. The molecule has 0 N–H and O–H groups in total. The molecule has 4 heteroatoms. The average Bonchev–Trinajstić information content (AvgIpc) is 3.25. The molecule has 3 aliphatic rings. The maximum absolute atomic E-state index is 5.65. The van der Waals surface area contributed by atoms with E-state index in [-0.39, 0.29) is 12.0 Å². The fourth-order valence-electron chi connectivity index (χ4n) is 8.41. The standard InChI is InChI=1S/C49H36N4/c1-5-13-33(14-6-1)39-29-37-23-21-35-25-27-43(52-47(35)45(37)50-31-39)49(41-17-9-3-10-18-41,42-19-11-4-12-20-42)44-28-26-36-22-24-38-30-40(34-15-7-2-8-16-34)32-51-46(38)48(36)53-44/h1-15,17-32,34,38,46H,16H2. The summed E-state index contributed by atoms with van der Waals surface area (Å²) in [6.07, 6.45) is 20.7. The number of aliphatic imine (C=N–C) groups is 1. The highest BCUT2D eigenvalue weighted by atomic mass is 14.9. The first kappa shape index (κ1) is 31.2. The van der Waals surface area contributed by atoms with Crippen molar-refractivity contribution < 1.29 is 0 Å². The van der Waals surface area contributed by atoms with Gasteiger partial charge >= 0.3 is 0 Å². The molecule has 4 heterocycles. The van der Waals surface area contributed by atoms with Crippen LogP contribution in [-0.2, 0) is 5.41 Å². The van der Waals surface area contributed by atoms with Gasteiger partial charge in [-0.3, -0.25) is 15.0 Å². The molecular formula is C49H36N4. The van der Waals surface area contributed by atoms with Gasteiger partial charge in [0.15, 0.2) is 0 Å². The monoisotopic (exact) mass is 680 g/mol. The van der Waals surface area contributed by atoms with Crippen LogP contribution in [0.3, 0.4) is 0 Å². The molecule has 0 radical (unpaired) electrons. The van der Waals surface area contributed by atoms with Crippen molar-refractivity contribution in [2.75, 3.05) is 0 Å². The molecule has 1 aliphatic heterocycles. The van der Waals surface area contributed by atoms with Crippen LogP contribution in [0.1, 0.15) is 46.2 Å². The third kappa shape index (κ3) is 5.29. The summed E-state index contributed by atoms with van der Waals surface area (Å²) in [5.74, 6) is 0.501. The molecule has 252 valence electrons. The summed E-state index contributed by atoms with van der Waals surface area (Å²) in [5.41, 5.74) is 10.5. The topological polar surface area (TPSA) is 51.0 Å².